The van der Waals surface area contributed by atoms with Crippen molar-refractivity contribution < 1.29 is 9.47 Å². The van der Waals surface area contributed by atoms with E-state index in [0.717, 1.165) is 40.5 Å². The highest BCUT2D eigenvalue weighted by Gasteiger charge is 2.06. The number of methoxy groups -OCH3 is 1. The second-order valence-corrected chi connectivity index (χ2v) is 6.45. The van der Waals surface area contributed by atoms with Crippen molar-refractivity contribution in [2.24, 2.45) is 4.99 Å². The van der Waals surface area contributed by atoms with Gasteiger partial charge in [0, 0.05) is 24.7 Å². The lowest BCUT2D eigenvalue weighted by atomic mass is 10.1. The molecule has 0 saturated carbocycles. The fraction of sp³-hybridized carbons (Fsp3) is 0.304. The van der Waals surface area contributed by atoms with Crippen molar-refractivity contribution in [3.63, 3.8) is 0 Å². The van der Waals surface area contributed by atoms with Gasteiger partial charge in [-0.2, -0.15) is 0 Å². The minimum Gasteiger partial charge on any atom is -0.493 e. The number of benzene rings is 2. The molecular weight excluding hydrogens is 364 g/mol. The molecule has 152 valence electrons. The van der Waals surface area contributed by atoms with Crippen molar-refractivity contribution in [1.29, 1.82) is 0 Å². The van der Waals surface area contributed by atoms with Crippen LogP contribution >= 0.6 is 0 Å². The number of ether oxygens (including phenoxy) is 2. The van der Waals surface area contributed by atoms with Crippen LogP contribution < -0.4 is 20.1 Å². The average Bonchev–Trinajstić information content (AvgIpc) is 2.76. The Hall–Kier alpha value is -3.28. The van der Waals surface area contributed by atoms with Crippen molar-refractivity contribution in [1.82, 2.24) is 15.6 Å². The number of aromatic nitrogens is 1. The molecule has 0 spiro atoms. The van der Waals surface area contributed by atoms with Gasteiger partial charge >= 0.3 is 0 Å². The molecule has 0 aliphatic heterocycles. The van der Waals surface area contributed by atoms with E-state index in [1.54, 1.807) is 7.11 Å². The van der Waals surface area contributed by atoms with Crippen LogP contribution in [0, 0.1) is 0 Å². The Balaban J connectivity index is 1.72. The maximum Gasteiger partial charge on any atom is 0.191 e. The zero-order valence-electron chi connectivity index (χ0n) is 17.2. The van der Waals surface area contributed by atoms with E-state index in [-0.39, 0.29) is 0 Å². The molecule has 2 N–H and O–H groups in total. The third kappa shape index (κ3) is 5.38. The first-order valence-corrected chi connectivity index (χ1v) is 9.89. The third-order valence-electron chi connectivity index (χ3n) is 4.48. The Kier molecular flexibility index (Phi) is 7.28. The molecule has 0 aliphatic rings. The molecule has 0 saturated heterocycles. The molecule has 6 nitrogen and oxygen atoms in total. The Bertz CT molecular complexity index is 967. The summed E-state index contributed by atoms with van der Waals surface area (Å²) in [4.78, 5) is 9.14. The van der Waals surface area contributed by atoms with E-state index >= 15 is 0 Å². The quantitative estimate of drug-likeness (QED) is 0.450. The molecule has 0 amide bonds. The summed E-state index contributed by atoms with van der Waals surface area (Å²) in [6.07, 6.45) is 1.84. The van der Waals surface area contributed by atoms with E-state index in [0.29, 0.717) is 19.7 Å². The van der Waals surface area contributed by atoms with E-state index in [4.69, 9.17) is 14.5 Å². The number of nitrogens with one attached hydrogen (secondary N) is 2. The monoisotopic (exact) mass is 392 g/mol. The summed E-state index contributed by atoms with van der Waals surface area (Å²) in [7, 11) is 1.64. The van der Waals surface area contributed by atoms with Gasteiger partial charge in [0.1, 0.15) is 0 Å². The first-order valence-electron chi connectivity index (χ1n) is 9.89. The molecule has 0 bridgehead atoms. The minimum absolute atomic E-state index is 0.538. The van der Waals surface area contributed by atoms with E-state index in [1.165, 1.54) is 5.56 Å². The van der Waals surface area contributed by atoms with Crippen LogP contribution in [-0.4, -0.2) is 31.2 Å². The molecule has 0 aliphatic carbocycles. The predicted molar refractivity (Wildman–Crippen MR) is 118 cm³/mol. The summed E-state index contributed by atoms with van der Waals surface area (Å²) in [5.74, 6) is 2.24. The van der Waals surface area contributed by atoms with Crippen molar-refractivity contribution in [2.45, 2.75) is 26.9 Å². The first kappa shape index (κ1) is 20.5. The van der Waals surface area contributed by atoms with Gasteiger partial charge in [0.15, 0.2) is 17.5 Å². The van der Waals surface area contributed by atoms with E-state index in [1.807, 2.05) is 55.6 Å². The molecule has 6 heteroatoms. The Morgan fingerprint density at radius 3 is 2.69 bits per heavy atom. The second-order valence-electron chi connectivity index (χ2n) is 6.45. The molecule has 0 radical (unpaired) electrons. The van der Waals surface area contributed by atoms with Gasteiger partial charge in [-0.25, -0.2) is 4.99 Å². The van der Waals surface area contributed by atoms with Crippen molar-refractivity contribution >= 4 is 16.9 Å². The van der Waals surface area contributed by atoms with Crippen LogP contribution in [0.1, 0.15) is 25.0 Å². The standard InChI is InChI=1S/C23H28N4O2/c1-4-24-23(26-15-17-10-11-21(28-3)22(14-17)29-5-2)27-16-18-12-13-25-20-9-7-6-8-19(18)20/h6-14H,4-5,15-16H2,1-3H3,(H2,24,26,27). The molecule has 0 atom stereocenters. The van der Waals surface area contributed by atoms with Crippen LogP contribution in [0.4, 0.5) is 0 Å². The van der Waals surface area contributed by atoms with Crippen LogP contribution in [-0.2, 0) is 13.1 Å². The van der Waals surface area contributed by atoms with E-state index in [9.17, 15) is 0 Å². The number of aliphatic imine (C=N–C) groups is 1. The van der Waals surface area contributed by atoms with Crippen LogP contribution in [0.2, 0.25) is 0 Å². The molecule has 0 unspecified atom stereocenters. The smallest absolute Gasteiger partial charge is 0.191 e. The zero-order chi connectivity index (χ0) is 20.5. The molecule has 2 aromatic carbocycles. The SMILES string of the molecule is CCNC(=NCc1ccc(OC)c(OCC)c1)NCc1ccnc2ccccc12. The van der Waals surface area contributed by atoms with Gasteiger partial charge in [0.2, 0.25) is 0 Å². The summed E-state index contributed by atoms with van der Waals surface area (Å²) in [5, 5.41) is 7.87. The predicted octanol–water partition coefficient (Wildman–Crippen LogP) is 3.90. The molecule has 3 aromatic rings. The summed E-state index contributed by atoms with van der Waals surface area (Å²) in [6.45, 7) is 6.60. The number of pyridine rings is 1. The number of rotatable bonds is 8. The number of para-hydroxylation sites is 1. The topological polar surface area (TPSA) is 67.8 Å². The molecule has 3 rings (SSSR count). The molecule has 1 heterocycles. The average molecular weight is 393 g/mol. The highest BCUT2D eigenvalue weighted by Crippen LogP contribution is 2.28. The van der Waals surface area contributed by atoms with Gasteiger partial charge in [-0.3, -0.25) is 4.98 Å². The summed E-state index contributed by atoms with van der Waals surface area (Å²) >= 11 is 0. The Morgan fingerprint density at radius 1 is 1.03 bits per heavy atom. The van der Waals surface area contributed by atoms with Gasteiger partial charge in [0.25, 0.3) is 0 Å². The lowest BCUT2D eigenvalue weighted by Crippen LogP contribution is -2.36. The van der Waals surface area contributed by atoms with Crippen molar-refractivity contribution in [3.8, 4) is 11.5 Å². The third-order valence-corrected chi connectivity index (χ3v) is 4.48. The van der Waals surface area contributed by atoms with E-state index in [2.05, 4.69) is 28.6 Å². The van der Waals surface area contributed by atoms with Crippen LogP contribution in [0.15, 0.2) is 59.7 Å². The maximum atomic E-state index is 5.66. The molecular formula is C23H28N4O2. The van der Waals surface area contributed by atoms with Gasteiger partial charge < -0.3 is 20.1 Å². The molecule has 29 heavy (non-hydrogen) atoms. The molecule has 1 aromatic heterocycles. The van der Waals surface area contributed by atoms with Crippen LogP contribution in [0.3, 0.4) is 0 Å². The largest absolute Gasteiger partial charge is 0.493 e. The van der Waals surface area contributed by atoms with Crippen LogP contribution in [0.5, 0.6) is 11.5 Å². The number of nitrogens with zero attached hydrogens (tertiary/aromatic N) is 2. The van der Waals surface area contributed by atoms with Gasteiger partial charge in [-0.05, 0) is 49.2 Å². The van der Waals surface area contributed by atoms with Gasteiger partial charge in [-0.1, -0.05) is 24.3 Å². The summed E-state index contributed by atoms with van der Waals surface area (Å²) < 4.78 is 11.0. The number of guanidine groups is 1. The first-order chi connectivity index (χ1) is 14.2. The number of hydrogen-bond acceptors (Lipinski definition) is 4. The number of fused-ring (bicyclic) bond motifs is 1. The minimum atomic E-state index is 0.538. The Labute approximate surface area is 172 Å². The lowest BCUT2D eigenvalue weighted by Gasteiger charge is -2.13. The van der Waals surface area contributed by atoms with Crippen molar-refractivity contribution in [3.05, 3.63) is 65.9 Å². The fourth-order valence-corrected chi connectivity index (χ4v) is 3.09. The van der Waals surface area contributed by atoms with E-state index < -0.39 is 0 Å². The second kappa shape index (κ2) is 10.3. The zero-order valence-corrected chi connectivity index (χ0v) is 17.2. The Morgan fingerprint density at radius 2 is 1.90 bits per heavy atom. The van der Waals surface area contributed by atoms with Crippen LogP contribution in [0.25, 0.3) is 10.9 Å². The van der Waals surface area contributed by atoms with Gasteiger partial charge in [0.05, 0.1) is 25.8 Å². The van der Waals surface area contributed by atoms with Gasteiger partial charge in [-0.15, -0.1) is 0 Å². The number of hydrogen-bond donors (Lipinski definition) is 2. The molecule has 0 fully saturated rings. The van der Waals surface area contributed by atoms with Crippen molar-refractivity contribution in [2.75, 3.05) is 20.3 Å². The lowest BCUT2D eigenvalue weighted by molar-refractivity contribution is 0.310. The fourth-order valence-electron chi connectivity index (χ4n) is 3.09. The maximum absolute atomic E-state index is 5.66. The highest BCUT2D eigenvalue weighted by molar-refractivity contribution is 5.83. The normalized spacial score (nSPS) is 11.3. The summed E-state index contributed by atoms with van der Waals surface area (Å²) in [5.41, 5.74) is 3.24. The summed E-state index contributed by atoms with van der Waals surface area (Å²) in [6, 6.07) is 16.1. The highest BCUT2D eigenvalue weighted by atomic mass is 16.5.